The van der Waals surface area contributed by atoms with Crippen LogP contribution in [0.25, 0.3) is 0 Å². The first-order valence-corrected chi connectivity index (χ1v) is 5.99. The minimum Gasteiger partial charge on any atom is -0.455 e. The molecule has 3 rings (SSSR count). The molecule has 1 atom stereocenters. The van der Waals surface area contributed by atoms with Crippen molar-refractivity contribution in [2.75, 3.05) is 0 Å². The Morgan fingerprint density at radius 2 is 1.67 bits per heavy atom. The van der Waals surface area contributed by atoms with E-state index < -0.39 is 0 Å². The lowest BCUT2D eigenvalue weighted by Gasteiger charge is -2.11. The Morgan fingerprint density at radius 1 is 1.06 bits per heavy atom. The Hall–Kier alpha value is -1.87. The van der Waals surface area contributed by atoms with E-state index in [-0.39, 0.29) is 22.7 Å². The lowest BCUT2D eigenvalue weighted by molar-refractivity contribution is 0.0959. The third-order valence-electron chi connectivity index (χ3n) is 3.01. The van der Waals surface area contributed by atoms with Crippen molar-refractivity contribution in [3.63, 3.8) is 0 Å². The van der Waals surface area contributed by atoms with Crippen LogP contribution in [0.1, 0.15) is 50.1 Å². The summed E-state index contributed by atoms with van der Waals surface area (Å²) in [6.07, 6.45) is 0. The minimum absolute atomic E-state index is 0.0983. The van der Waals surface area contributed by atoms with Gasteiger partial charge in [0.1, 0.15) is 5.76 Å². The van der Waals surface area contributed by atoms with E-state index >= 15 is 0 Å². The number of hydrogen-bond donors (Lipinski definition) is 0. The topological polar surface area (TPSA) is 47.3 Å². The Bertz CT molecular complexity index is 615. The maximum absolute atomic E-state index is 12.2. The molecule has 3 nitrogen and oxygen atoms in total. The number of carbonyl (C=O) groups is 2. The van der Waals surface area contributed by atoms with Crippen molar-refractivity contribution in [1.82, 2.24) is 0 Å². The van der Waals surface area contributed by atoms with E-state index in [1.165, 1.54) is 0 Å². The maximum atomic E-state index is 12.2. The largest absolute Gasteiger partial charge is 0.455 e. The predicted octanol–water partition coefficient (Wildman–Crippen LogP) is 3.35. The Labute approximate surface area is 108 Å². The van der Waals surface area contributed by atoms with Gasteiger partial charge in [0.2, 0.25) is 5.78 Å². The van der Waals surface area contributed by atoms with Gasteiger partial charge in [0, 0.05) is 11.1 Å². The average molecular weight is 261 g/mol. The first kappa shape index (κ1) is 11.2. The molecule has 1 unspecified atom stereocenters. The highest BCUT2D eigenvalue weighted by atomic mass is 35.5. The Balaban J connectivity index is 2.24. The molecule has 1 aliphatic carbocycles. The van der Waals surface area contributed by atoms with Crippen LogP contribution in [0.3, 0.4) is 0 Å². The second-order valence-electron chi connectivity index (χ2n) is 4.21. The number of alkyl halides is 1. The molecule has 1 aliphatic rings. The number of fused-ring (bicyclic) bond motifs is 2. The van der Waals surface area contributed by atoms with Crippen molar-refractivity contribution in [2.24, 2.45) is 0 Å². The van der Waals surface area contributed by atoms with Crippen molar-refractivity contribution in [2.45, 2.75) is 12.3 Å². The van der Waals surface area contributed by atoms with Crippen LogP contribution < -0.4 is 0 Å². The van der Waals surface area contributed by atoms with E-state index in [2.05, 4.69) is 0 Å². The number of halogens is 1. The van der Waals surface area contributed by atoms with E-state index in [9.17, 15) is 9.59 Å². The van der Waals surface area contributed by atoms with Crippen LogP contribution in [-0.2, 0) is 0 Å². The molecule has 1 aromatic heterocycles. The number of ketones is 2. The van der Waals surface area contributed by atoms with Crippen LogP contribution >= 0.6 is 11.6 Å². The highest BCUT2D eigenvalue weighted by molar-refractivity contribution is 6.27. The van der Waals surface area contributed by atoms with Crippen molar-refractivity contribution >= 4 is 23.2 Å². The number of furan rings is 1. The van der Waals surface area contributed by atoms with Gasteiger partial charge in [-0.1, -0.05) is 24.3 Å². The lowest BCUT2D eigenvalue weighted by Crippen LogP contribution is -2.18. The van der Waals surface area contributed by atoms with Crippen LogP contribution in [0.4, 0.5) is 0 Å². The molecule has 0 bridgehead atoms. The van der Waals surface area contributed by atoms with Gasteiger partial charge in [-0.15, -0.1) is 11.6 Å². The number of rotatable bonds is 1. The molecule has 0 fully saturated rings. The van der Waals surface area contributed by atoms with E-state index in [1.54, 1.807) is 37.3 Å². The van der Waals surface area contributed by atoms with E-state index in [0.29, 0.717) is 22.5 Å². The van der Waals surface area contributed by atoms with Crippen LogP contribution in [0.15, 0.2) is 34.7 Å². The Kier molecular flexibility index (Phi) is 2.38. The fraction of sp³-hybridized carbons (Fsp3) is 0.143. The van der Waals surface area contributed by atoms with Gasteiger partial charge in [-0.25, -0.2) is 0 Å². The molecule has 0 saturated heterocycles. The smallest absolute Gasteiger partial charge is 0.229 e. The van der Waals surface area contributed by atoms with Gasteiger partial charge in [0.15, 0.2) is 11.5 Å². The number of carbonyl (C=O) groups excluding carboxylic acids is 2. The van der Waals surface area contributed by atoms with Gasteiger partial charge in [0.05, 0.1) is 10.9 Å². The van der Waals surface area contributed by atoms with Crippen molar-refractivity contribution < 1.29 is 14.0 Å². The van der Waals surface area contributed by atoms with E-state index in [1.807, 2.05) is 0 Å². The van der Waals surface area contributed by atoms with Crippen LogP contribution in [0.2, 0.25) is 0 Å². The SMILES string of the molecule is CC(Cl)c1cc2c(o1)C(=O)c1ccccc1C2=O. The normalized spacial score (nSPS) is 15.2. The molecule has 2 aromatic rings. The molecular formula is C14H9ClO3. The molecular weight excluding hydrogens is 252 g/mol. The highest BCUT2D eigenvalue weighted by Crippen LogP contribution is 2.32. The molecule has 0 amide bonds. The standard InChI is InChI=1S/C14H9ClO3/c1-7(15)11-6-10-12(16)8-4-2-3-5-9(8)13(17)14(10)18-11/h2-7H,1H3. The fourth-order valence-electron chi connectivity index (χ4n) is 2.09. The molecule has 0 saturated carbocycles. The third-order valence-corrected chi connectivity index (χ3v) is 3.23. The Morgan fingerprint density at radius 3 is 2.28 bits per heavy atom. The van der Waals surface area contributed by atoms with Gasteiger partial charge in [0.25, 0.3) is 0 Å². The van der Waals surface area contributed by atoms with Crippen molar-refractivity contribution in [3.05, 3.63) is 58.5 Å². The van der Waals surface area contributed by atoms with Gasteiger partial charge in [-0.2, -0.15) is 0 Å². The zero-order valence-electron chi connectivity index (χ0n) is 9.57. The lowest BCUT2D eigenvalue weighted by atomic mass is 9.88. The summed E-state index contributed by atoms with van der Waals surface area (Å²) >= 11 is 5.91. The summed E-state index contributed by atoms with van der Waals surface area (Å²) in [4.78, 5) is 24.4. The highest BCUT2D eigenvalue weighted by Gasteiger charge is 2.33. The van der Waals surface area contributed by atoms with Crippen molar-refractivity contribution in [3.8, 4) is 0 Å². The maximum Gasteiger partial charge on any atom is 0.229 e. The minimum atomic E-state index is -0.376. The molecule has 0 spiro atoms. The molecule has 1 heterocycles. The molecule has 4 heteroatoms. The molecule has 0 N–H and O–H groups in total. The molecule has 18 heavy (non-hydrogen) atoms. The van der Waals surface area contributed by atoms with Crippen LogP contribution in [0.5, 0.6) is 0 Å². The summed E-state index contributed by atoms with van der Waals surface area (Å²) in [5.41, 5.74) is 1.11. The predicted molar refractivity (Wildman–Crippen MR) is 66.3 cm³/mol. The third kappa shape index (κ3) is 1.44. The summed E-state index contributed by atoms with van der Waals surface area (Å²) in [6, 6.07) is 8.30. The van der Waals surface area contributed by atoms with Gasteiger partial charge in [-0.05, 0) is 13.0 Å². The number of hydrogen-bond acceptors (Lipinski definition) is 3. The quantitative estimate of drug-likeness (QED) is 0.631. The van der Waals surface area contributed by atoms with Gasteiger partial charge in [-0.3, -0.25) is 9.59 Å². The zero-order chi connectivity index (χ0) is 12.9. The molecule has 0 aliphatic heterocycles. The van der Waals surface area contributed by atoms with Crippen LogP contribution in [-0.4, -0.2) is 11.6 Å². The monoisotopic (exact) mass is 260 g/mol. The molecule has 90 valence electrons. The van der Waals surface area contributed by atoms with Gasteiger partial charge < -0.3 is 4.42 Å². The van der Waals surface area contributed by atoms with E-state index in [4.69, 9.17) is 16.0 Å². The number of benzene rings is 1. The summed E-state index contributed by atoms with van der Waals surface area (Å²) in [5.74, 6) is 0.0913. The van der Waals surface area contributed by atoms with Crippen LogP contribution in [0, 0.1) is 0 Å². The second-order valence-corrected chi connectivity index (χ2v) is 4.87. The summed E-state index contributed by atoms with van der Waals surface area (Å²) < 4.78 is 5.40. The van der Waals surface area contributed by atoms with Gasteiger partial charge >= 0.3 is 0 Å². The summed E-state index contributed by atoms with van der Waals surface area (Å²) in [6.45, 7) is 1.73. The molecule has 0 radical (unpaired) electrons. The van der Waals surface area contributed by atoms with E-state index in [0.717, 1.165) is 0 Å². The fourth-order valence-corrected chi connectivity index (χ4v) is 2.20. The summed E-state index contributed by atoms with van der Waals surface area (Å²) in [5, 5.41) is -0.376. The van der Waals surface area contributed by atoms with Crippen molar-refractivity contribution in [1.29, 1.82) is 0 Å². The first-order chi connectivity index (χ1) is 8.59. The first-order valence-electron chi connectivity index (χ1n) is 5.56. The zero-order valence-corrected chi connectivity index (χ0v) is 10.3. The molecule has 1 aromatic carbocycles. The second kappa shape index (κ2) is 3.82. The summed E-state index contributed by atoms with van der Waals surface area (Å²) in [7, 11) is 0. The average Bonchev–Trinajstić information content (AvgIpc) is 2.81.